The van der Waals surface area contributed by atoms with Gasteiger partial charge in [-0.15, -0.1) is 0 Å². The van der Waals surface area contributed by atoms with Gasteiger partial charge in [0.1, 0.15) is 0 Å². The Hall–Kier alpha value is -1.47. The number of carbonyl (C=O) groups excluding carboxylic acids is 1. The first kappa shape index (κ1) is 14.0. The van der Waals surface area contributed by atoms with Crippen LogP contribution < -0.4 is 16.4 Å². The molecule has 0 saturated carbocycles. The van der Waals surface area contributed by atoms with Gasteiger partial charge in [-0.1, -0.05) is 23.7 Å². The molecule has 0 aliphatic rings. The lowest BCUT2D eigenvalue weighted by molar-refractivity contribution is 0.262. The van der Waals surface area contributed by atoms with E-state index in [1.165, 1.54) is 0 Å². The third kappa shape index (κ3) is 3.74. The maximum Gasteiger partial charge on any atom is 0.323 e. The van der Waals surface area contributed by atoms with Crippen LogP contribution in [0, 0.1) is 3.57 Å². The molecule has 19 heavy (non-hydrogen) atoms. The lowest BCUT2D eigenvalue weighted by Crippen LogP contribution is -2.20. The summed E-state index contributed by atoms with van der Waals surface area (Å²) < 4.78 is 0.957. The standard InChI is InChI=1S/C13H11ClIN3O/c14-9-7-8(16)5-6-11(9)17-13(19)18-12-4-2-1-3-10(12)15/h1-7H,16H2,(H2,17,18,19). The van der Waals surface area contributed by atoms with Crippen LogP contribution in [0.25, 0.3) is 0 Å². The number of para-hydroxylation sites is 1. The number of hydrogen-bond donors (Lipinski definition) is 3. The van der Waals surface area contributed by atoms with Crippen LogP contribution in [0.3, 0.4) is 0 Å². The molecule has 0 saturated heterocycles. The molecule has 2 aromatic carbocycles. The minimum absolute atomic E-state index is 0.351. The molecule has 4 nitrogen and oxygen atoms in total. The predicted molar refractivity (Wildman–Crippen MR) is 87.7 cm³/mol. The van der Waals surface area contributed by atoms with Gasteiger partial charge in [0.25, 0.3) is 0 Å². The van der Waals surface area contributed by atoms with Crippen LogP contribution in [0.1, 0.15) is 0 Å². The number of amides is 2. The number of anilines is 3. The van der Waals surface area contributed by atoms with Crippen molar-refractivity contribution in [3.8, 4) is 0 Å². The highest BCUT2D eigenvalue weighted by molar-refractivity contribution is 14.1. The Balaban J connectivity index is 2.08. The third-order valence-electron chi connectivity index (χ3n) is 2.36. The van der Waals surface area contributed by atoms with E-state index in [9.17, 15) is 4.79 Å². The maximum absolute atomic E-state index is 11.9. The van der Waals surface area contributed by atoms with Crippen molar-refractivity contribution in [3.63, 3.8) is 0 Å². The second-order valence-corrected chi connectivity index (χ2v) is 5.37. The molecule has 0 aromatic heterocycles. The Kier molecular flexibility index (Phi) is 4.49. The van der Waals surface area contributed by atoms with Crippen LogP contribution in [0.4, 0.5) is 21.9 Å². The van der Waals surface area contributed by atoms with Gasteiger partial charge in [0.15, 0.2) is 0 Å². The van der Waals surface area contributed by atoms with Crippen molar-refractivity contribution in [1.82, 2.24) is 0 Å². The Morgan fingerprint density at radius 3 is 2.47 bits per heavy atom. The Labute approximate surface area is 129 Å². The second kappa shape index (κ2) is 6.12. The van der Waals surface area contributed by atoms with Crippen molar-refractivity contribution in [2.24, 2.45) is 0 Å². The molecular formula is C13H11ClIN3O. The highest BCUT2D eigenvalue weighted by Crippen LogP contribution is 2.24. The molecule has 0 heterocycles. The summed E-state index contributed by atoms with van der Waals surface area (Å²) in [7, 11) is 0. The van der Waals surface area contributed by atoms with E-state index in [1.807, 2.05) is 24.3 Å². The van der Waals surface area contributed by atoms with Gasteiger partial charge in [-0.2, -0.15) is 0 Å². The fourth-order valence-electron chi connectivity index (χ4n) is 1.47. The third-order valence-corrected chi connectivity index (χ3v) is 3.62. The zero-order valence-electron chi connectivity index (χ0n) is 9.78. The van der Waals surface area contributed by atoms with E-state index in [-0.39, 0.29) is 6.03 Å². The van der Waals surface area contributed by atoms with E-state index in [0.29, 0.717) is 16.4 Å². The molecule has 0 fully saturated rings. The number of nitrogens with one attached hydrogen (secondary N) is 2. The van der Waals surface area contributed by atoms with Crippen LogP contribution in [0.2, 0.25) is 5.02 Å². The second-order valence-electron chi connectivity index (χ2n) is 3.80. The summed E-state index contributed by atoms with van der Waals surface area (Å²) in [5, 5.41) is 5.83. The smallest absolute Gasteiger partial charge is 0.323 e. The zero-order chi connectivity index (χ0) is 13.8. The van der Waals surface area contributed by atoms with E-state index in [1.54, 1.807) is 18.2 Å². The monoisotopic (exact) mass is 387 g/mol. The van der Waals surface area contributed by atoms with Crippen LogP contribution in [-0.2, 0) is 0 Å². The zero-order valence-corrected chi connectivity index (χ0v) is 12.7. The number of halogens is 2. The van der Waals surface area contributed by atoms with Gasteiger partial charge in [0.2, 0.25) is 0 Å². The summed E-state index contributed by atoms with van der Waals surface area (Å²) in [6.45, 7) is 0. The molecule has 0 radical (unpaired) electrons. The molecule has 2 rings (SSSR count). The van der Waals surface area contributed by atoms with Crippen molar-refractivity contribution in [2.75, 3.05) is 16.4 Å². The number of nitrogen functional groups attached to an aromatic ring is 1. The van der Waals surface area contributed by atoms with Crippen molar-refractivity contribution in [1.29, 1.82) is 0 Å². The topological polar surface area (TPSA) is 67.1 Å². The Bertz CT molecular complexity index is 619. The highest BCUT2D eigenvalue weighted by Gasteiger charge is 2.07. The van der Waals surface area contributed by atoms with E-state index in [4.69, 9.17) is 17.3 Å². The molecule has 0 spiro atoms. The number of rotatable bonds is 2. The fraction of sp³-hybridized carbons (Fsp3) is 0. The molecule has 0 bridgehead atoms. The van der Waals surface area contributed by atoms with Gasteiger partial charge < -0.3 is 16.4 Å². The lowest BCUT2D eigenvalue weighted by Gasteiger charge is -2.10. The van der Waals surface area contributed by atoms with E-state index < -0.39 is 0 Å². The number of carbonyl (C=O) groups is 1. The van der Waals surface area contributed by atoms with Gasteiger partial charge in [-0.25, -0.2) is 4.79 Å². The predicted octanol–water partition coefficient (Wildman–Crippen LogP) is 4.17. The average Bonchev–Trinajstić information content (AvgIpc) is 2.36. The van der Waals surface area contributed by atoms with Gasteiger partial charge in [0.05, 0.1) is 16.4 Å². The number of benzene rings is 2. The molecule has 0 atom stereocenters. The number of urea groups is 1. The van der Waals surface area contributed by atoms with Crippen LogP contribution in [0.15, 0.2) is 42.5 Å². The quantitative estimate of drug-likeness (QED) is 0.535. The summed E-state index contributed by atoms with van der Waals surface area (Å²) in [5.74, 6) is 0. The minimum Gasteiger partial charge on any atom is -0.399 e. The number of nitrogens with two attached hydrogens (primary N) is 1. The van der Waals surface area contributed by atoms with Gasteiger partial charge in [-0.05, 0) is 52.9 Å². The molecule has 4 N–H and O–H groups in total. The van der Waals surface area contributed by atoms with Gasteiger partial charge in [0, 0.05) is 9.26 Å². The largest absolute Gasteiger partial charge is 0.399 e. The first-order chi connectivity index (χ1) is 9.06. The summed E-state index contributed by atoms with van der Waals surface area (Å²) in [6.07, 6.45) is 0. The SMILES string of the molecule is Nc1ccc(NC(=O)Nc2ccccc2I)c(Cl)c1. The van der Waals surface area contributed by atoms with Crippen molar-refractivity contribution < 1.29 is 4.79 Å². The van der Waals surface area contributed by atoms with E-state index in [0.717, 1.165) is 9.26 Å². The first-order valence-electron chi connectivity index (χ1n) is 5.44. The van der Waals surface area contributed by atoms with E-state index >= 15 is 0 Å². The van der Waals surface area contributed by atoms with E-state index in [2.05, 4.69) is 33.2 Å². The maximum atomic E-state index is 11.9. The first-order valence-corrected chi connectivity index (χ1v) is 6.89. The molecular weight excluding hydrogens is 377 g/mol. The fourth-order valence-corrected chi connectivity index (χ4v) is 2.23. The lowest BCUT2D eigenvalue weighted by atomic mass is 10.3. The highest BCUT2D eigenvalue weighted by atomic mass is 127. The van der Waals surface area contributed by atoms with Crippen LogP contribution in [-0.4, -0.2) is 6.03 Å². The number of hydrogen-bond acceptors (Lipinski definition) is 2. The Morgan fingerprint density at radius 2 is 1.79 bits per heavy atom. The molecule has 98 valence electrons. The molecule has 6 heteroatoms. The van der Waals surface area contributed by atoms with Gasteiger partial charge >= 0.3 is 6.03 Å². The molecule has 0 unspecified atom stereocenters. The minimum atomic E-state index is -0.351. The molecule has 0 aliphatic heterocycles. The van der Waals surface area contributed by atoms with Crippen molar-refractivity contribution in [3.05, 3.63) is 51.1 Å². The van der Waals surface area contributed by atoms with Crippen LogP contribution >= 0.6 is 34.2 Å². The molecule has 2 amide bonds. The van der Waals surface area contributed by atoms with Crippen LogP contribution in [0.5, 0.6) is 0 Å². The summed E-state index contributed by atoms with van der Waals surface area (Å²) >= 11 is 8.13. The molecule has 2 aromatic rings. The summed E-state index contributed by atoms with van der Waals surface area (Å²) in [5.41, 5.74) is 7.39. The summed E-state index contributed by atoms with van der Waals surface area (Å²) in [6, 6.07) is 12.1. The van der Waals surface area contributed by atoms with Gasteiger partial charge in [-0.3, -0.25) is 0 Å². The van der Waals surface area contributed by atoms with Crippen molar-refractivity contribution >= 4 is 57.3 Å². The molecule has 0 aliphatic carbocycles. The average molecular weight is 388 g/mol. The normalized spacial score (nSPS) is 10.0. The van der Waals surface area contributed by atoms with Crippen molar-refractivity contribution in [2.45, 2.75) is 0 Å². The Morgan fingerprint density at radius 1 is 1.11 bits per heavy atom. The summed E-state index contributed by atoms with van der Waals surface area (Å²) in [4.78, 5) is 11.9.